The van der Waals surface area contributed by atoms with Gasteiger partial charge in [0.25, 0.3) is 0 Å². The van der Waals surface area contributed by atoms with Crippen LogP contribution in [0.25, 0.3) is 16.7 Å². The van der Waals surface area contributed by atoms with Crippen molar-refractivity contribution < 1.29 is 4.39 Å². The number of hydrazine groups is 2. The Hall–Kier alpha value is -2.93. The van der Waals surface area contributed by atoms with Crippen LogP contribution in [0.3, 0.4) is 0 Å². The third-order valence-corrected chi connectivity index (χ3v) is 3.59. The van der Waals surface area contributed by atoms with Crippen LogP contribution in [0.5, 0.6) is 0 Å². The number of aromatic nitrogens is 2. The summed E-state index contributed by atoms with van der Waals surface area (Å²) in [6.45, 7) is 1.91. The first-order valence-corrected chi connectivity index (χ1v) is 6.81. The molecule has 0 amide bonds. The van der Waals surface area contributed by atoms with Crippen LogP contribution >= 0.6 is 0 Å². The molecule has 1 aliphatic rings. The van der Waals surface area contributed by atoms with Crippen LogP contribution in [-0.2, 0) is 0 Å². The summed E-state index contributed by atoms with van der Waals surface area (Å²) < 4.78 is 15.5. The summed E-state index contributed by atoms with van der Waals surface area (Å²) in [5.41, 5.74) is 11.6. The van der Waals surface area contributed by atoms with Crippen LogP contribution in [0.1, 0.15) is 11.4 Å². The molecule has 3 aromatic rings. The third kappa shape index (κ3) is 1.99. The van der Waals surface area contributed by atoms with Crippen LogP contribution in [0, 0.1) is 12.7 Å². The van der Waals surface area contributed by atoms with E-state index in [4.69, 9.17) is 0 Å². The molecule has 0 aliphatic carbocycles. The summed E-state index contributed by atoms with van der Waals surface area (Å²) in [6, 6.07) is 12.4. The second-order valence-electron chi connectivity index (χ2n) is 5.00. The number of fused-ring (bicyclic) bond motifs is 1. The highest BCUT2D eigenvalue weighted by Crippen LogP contribution is 2.22. The molecule has 3 N–H and O–H groups in total. The monoisotopic (exact) mass is 296 g/mol. The summed E-state index contributed by atoms with van der Waals surface area (Å²) >= 11 is 0. The van der Waals surface area contributed by atoms with E-state index in [1.54, 1.807) is 6.07 Å². The molecule has 0 bridgehead atoms. The quantitative estimate of drug-likeness (QED) is 0.674. The van der Waals surface area contributed by atoms with Crippen LogP contribution in [0.4, 0.5) is 4.39 Å². The van der Waals surface area contributed by atoms with Gasteiger partial charge in [0.05, 0.1) is 11.0 Å². The first-order valence-electron chi connectivity index (χ1n) is 6.81. The number of hydrogen-bond acceptors (Lipinski definition) is 5. The molecule has 0 fully saturated rings. The van der Waals surface area contributed by atoms with Gasteiger partial charge in [0.2, 0.25) is 0 Å². The van der Waals surface area contributed by atoms with Crippen molar-refractivity contribution in [2.75, 3.05) is 0 Å². The van der Waals surface area contributed by atoms with E-state index in [1.165, 1.54) is 12.1 Å². The fourth-order valence-electron chi connectivity index (χ4n) is 2.60. The van der Waals surface area contributed by atoms with Crippen LogP contribution in [0.2, 0.25) is 0 Å². The van der Waals surface area contributed by atoms with Gasteiger partial charge in [-0.1, -0.05) is 0 Å². The van der Waals surface area contributed by atoms with Gasteiger partial charge in [-0.3, -0.25) is 9.99 Å². The van der Waals surface area contributed by atoms with E-state index < -0.39 is 0 Å². The number of hydrogen-bond donors (Lipinski definition) is 3. The lowest BCUT2D eigenvalue weighted by atomic mass is 10.2. The number of rotatable bonds is 2. The molecule has 2 aromatic carbocycles. The van der Waals surface area contributed by atoms with Gasteiger partial charge in [-0.2, -0.15) is 0 Å². The van der Waals surface area contributed by atoms with E-state index in [0.717, 1.165) is 28.1 Å². The Morgan fingerprint density at radius 1 is 1.09 bits per heavy atom. The number of halogens is 1. The number of aryl methyl sites for hydroxylation is 1. The molecule has 6 nitrogen and oxygen atoms in total. The minimum Gasteiger partial charge on any atom is -0.296 e. The maximum atomic E-state index is 13.5. The predicted molar refractivity (Wildman–Crippen MR) is 81.7 cm³/mol. The highest BCUT2D eigenvalue weighted by molar-refractivity contribution is 5.99. The fraction of sp³-hybridized carbons (Fsp3) is 0.0667. The van der Waals surface area contributed by atoms with Crippen LogP contribution in [0.15, 0.2) is 47.6 Å². The lowest BCUT2D eigenvalue weighted by molar-refractivity contribution is 0.577. The van der Waals surface area contributed by atoms with E-state index in [0.29, 0.717) is 5.84 Å². The van der Waals surface area contributed by atoms with Gasteiger partial charge in [-0.25, -0.2) is 14.9 Å². The maximum Gasteiger partial charge on any atom is 0.170 e. The zero-order valence-corrected chi connectivity index (χ0v) is 11.8. The average Bonchev–Trinajstić information content (AvgIpc) is 3.14. The number of imidazole rings is 1. The number of amidine groups is 1. The molecule has 0 saturated carbocycles. The van der Waals surface area contributed by atoms with Gasteiger partial charge >= 0.3 is 0 Å². The van der Waals surface area contributed by atoms with Crippen molar-refractivity contribution >= 4 is 16.9 Å². The Morgan fingerprint density at radius 2 is 1.91 bits per heavy atom. The average molecular weight is 296 g/mol. The standard InChI is InChI=1S/C15H13FN6/c1-9-17-13-7-4-11(16)8-14(13)22(9)12-5-2-10(3-6-12)15-18-20-21-19-15/h2-8,20-21H,1H3,(H,18,19). The number of nitrogens with one attached hydrogen (secondary N) is 3. The highest BCUT2D eigenvalue weighted by Gasteiger charge is 2.12. The molecule has 1 aromatic heterocycles. The van der Waals surface area contributed by atoms with Gasteiger partial charge in [-0.05, 0) is 43.3 Å². The van der Waals surface area contributed by atoms with Gasteiger partial charge in [0, 0.05) is 17.3 Å². The van der Waals surface area contributed by atoms with E-state index in [1.807, 2.05) is 35.8 Å². The Labute approximate surface area is 125 Å². The summed E-state index contributed by atoms with van der Waals surface area (Å²) in [5.74, 6) is 1.25. The molecule has 7 heteroatoms. The molecule has 0 radical (unpaired) electrons. The number of nitrogens with zero attached hydrogens (tertiary/aromatic N) is 3. The van der Waals surface area contributed by atoms with Crippen molar-refractivity contribution in [1.82, 2.24) is 26.0 Å². The Morgan fingerprint density at radius 3 is 2.64 bits per heavy atom. The first-order chi connectivity index (χ1) is 10.7. The maximum absolute atomic E-state index is 13.5. The van der Waals surface area contributed by atoms with Crippen molar-refractivity contribution in [3.8, 4) is 5.69 Å². The molecule has 1 aliphatic heterocycles. The van der Waals surface area contributed by atoms with Gasteiger partial charge < -0.3 is 0 Å². The highest BCUT2D eigenvalue weighted by atomic mass is 19.1. The van der Waals surface area contributed by atoms with E-state index in [9.17, 15) is 4.39 Å². The molecule has 22 heavy (non-hydrogen) atoms. The van der Waals surface area contributed by atoms with Crippen LogP contribution in [-0.4, -0.2) is 15.4 Å². The van der Waals surface area contributed by atoms with Gasteiger partial charge in [0.1, 0.15) is 11.6 Å². The molecule has 0 atom stereocenters. The zero-order valence-electron chi connectivity index (χ0n) is 11.8. The lowest BCUT2D eigenvalue weighted by Gasteiger charge is -2.08. The zero-order chi connectivity index (χ0) is 15.1. The molecule has 0 saturated heterocycles. The van der Waals surface area contributed by atoms with E-state index >= 15 is 0 Å². The van der Waals surface area contributed by atoms with E-state index in [-0.39, 0.29) is 5.82 Å². The van der Waals surface area contributed by atoms with Crippen molar-refractivity contribution in [3.05, 3.63) is 59.7 Å². The lowest BCUT2D eigenvalue weighted by Crippen LogP contribution is -2.35. The largest absolute Gasteiger partial charge is 0.296 e. The summed E-state index contributed by atoms with van der Waals surface area (Å²) in [6.07, 6.45) is 0. The topological polar surface area (TPSA) is 66.3 Å². The number of benzene rings is 2. The van der Waals surface area contributed by atoms with Gasteiger partial charge in [0.15, 0.2) is 5.84 Å². The molecular weight excluding hydrogens is 283 g/mol. The summed E-state index contributed by atoms with van der Waals surface area (Å²) in [5, 5.41) is 4.05. The molecule has 110 valence electrons. The Bertz CT molecular complexity index is 881. The van der Waals surface area contributed by atoms with Crippen LogP contribution < -0.4 is 16.5 Å². The van der Waals surface area contributed by atoms with Crippen molar-refractivity contribution in [2.45, 2.75) is 6.92 Å². The second-order valence-corrected chi connectivity index (χ2v) is 5.00. The Kier molecular flexibility index (Phi) is 2.80. The van der Waals surface area contributed by atoms with Crippen molar-refractivity contribution in [1.29, 1.82) is 0 Å². The molecule has 4 rings (SSSR count). The number of hydrazone groups is 1. The predicted octanol–water partition coefficient (Wildman–Crippen LogP) is 1.75. The minimum absolute atomic E-state index is 0.271. The summed E-state index contributed by atoms with van der Waals surface area (Å²) in [4.78, 5) is 4.47. The van der Waals surface area contributed by atoms with Crippen molar-refractivity contribution in [3.63, 3.8) is 0 Å². The normalized spacial score (nSPS) is 13.8. The fourth-order valence-corrected chi connectivity index (χ4v) is 2.60. The third-order valence-electron chi connectivity index (χ3n) is 3.59. The minimum atomic E-state index is -0.271. The molecule has 2 heterocycles. The Balaban J connectivity index is 1.81. The van der Waals surface area contributed by atoms with Gasteiger partial charge in [-0.15, -0.1) is 10.6 Å². The molecule has 0 spiro atoms. The second kappa shape index (κ2) is 4.81. The molecule has 0 unspecified atom stereocenters. The SMILES string of the molecule is Cc1nc2ccc(F)cc2n1-c1ccc(C2=NNNN2)cc1. The molecular formula is C15H13FN6. The first kappa shape index (κ1) is 12.8. The van der Waals surface area contributed by atoms with E-state index in [2.05, 4.69) is 26.6 Å². The summed E-state index contributed by atoms with van der Waals surface area (Å²) in [7, 11) is 0. The smallest absolute Gasteiger partial charge is 0.170 e. The van der Waals surface area contributed by atoms with Crippen molar-refractivity contribution in [2.24, 2.45) is 5.10 Å².